The lowest BCUT2D eigenvalue weighted by atomic mass is 10.2. The van der Waals surface area contributed by atoms with Gasteiger partial charge in [0.05, 0.1) is 16.4 Å². The molecule has 0 saturated carbocycles. The number of hydrogen-bond donors (Lipinski definition) is 0. The predicted octanol–water partition coefficient (Wildman–Crippen LogP) is 2.85. The van der Waals surface area contributed by atoms with E-state index in [2.05, 4.69) is 15.5 Å². The van der Waals surface area contributed by atoms with Crippen LogP contribution in [-0.2, 0) is 15.6 Å². The van der Waals surface area contributed by atoms with E-state index in [0.29, 0.717) is 16.5 Å². The predicted molar refractivity (Wildman–Crippen MR) is 112 cm³/mol. The molecular weight excluding hydrogens is 454 g/mol. The number of halogens is 1. The Balaban J connectivity index is 1.70. The first-order valence-electron chi connectivity index (χ1n) is 8.53. The van der Waals surface area contributed by atoms with Crippen LogP contribution in [0.1, 0.15) is 5.56 Å². The van der Waals surface area contributed by atoms with Gasteiger partial charge in [-0.05, 0) is 34.2 Å². The summed E-state index contributed by atoms with van der Waals surface area (Å²) in [5.41, 5.74) is 1.21. The third-order valence-electron chi connectivity index (χ3n) is 3.85. The number of hydrogen-bond acceptors (Lipinski definition) is 9. The maximum absolute atomic E-state index is 11.4. The van der Waals surface area contributed by atoms with Gasteiger partial charge in [0, 0.05) is 11.8 Å². The van der Waals surface area contributed by atoms with Crippen molar-refractivity contribution in [2.75, 3.05) is 17.6 Å². The average Bonchev–Trinajstić information content (AvgIpc) is 3.22. The summed E-state index contributed by atoms with van der Waals surface area (Å²) in [6, 6.07) is 13.8. The van der Waals surface area contributed by atoms with Crippen molar-refractivity contribution < 1.29 is 18.1 Å². The molecule has 0 radical (unpaired) electrons. The van der Waals surface area contributed by atoms with Crippen LogP contribution in [-0.4, -0.2) is 51.1 Å². The maximum atomic E-state index is 11.4. The Kier molecular flexibility index (Phi) is 7.24. The normalized spacial score (nSPS) is 11.4. The molecule has 3 aromatic rings. The summed E-state index contributed by atoms with van der Waals surface area (Å²) in [5, 5.41) is 23.1. The number of aromatic nitrogens is 4. The Labute approximate surface area is 181 Å². The van der Waals surface area contributed by atoms with E-state index in [1.54, 1.807) is 10.7 Å². The van der Waals surface area contributed by atoms with E-state index in [-0.39, 0.29) is 23.8 Å². The molecule has 3 rings (SSSR count). The molecule has 1 heterocycles. The molecule has 0 N–H and O–H groups in total. The molecular formula is C17H16ClN5O5S2. The number of benzene rings is 2. The first kappa shape index (κ1) is 22.0. The van der Waals surface area contributed by atoms with Gasteiger partial charge < -0.3 is 4.74 Å². The zero-order chi connectivity index (χ0) is 21.6. The number of para-hydroxylation sites is 1. The van der Waals surface area contributed by atoms with E-state index in [9.17, 15) is 18.5 Å². The highest BCUT2D eigenvalue weighted by Crippen LogP contribution is 2.31. The Morgan fingerprint density at radius 3 is 2.67 bits per heavy atom. The first-order chi connectivity index (χ1) is 14.4. The fourth-order valence-electron chi connectivity index (χ4n) is 2.40. The average molecular weight is 470 g/mol. The Morgan fingerprint density at radius 1 is 1.20 bits per heavy atom. The van der Waals surface area contributed by atoms with Crippen molar-refractivity contribution in [3.05, 3.63) is 64.2 Å². The lowest BCUT2D eigenvalue weighted by Crippen LogP contribution is -2.15. The topological polar surface area (TPSA) is 130 Å². The van der Waals surface area contributed by atoms with Crippen LogP contribution in [0.5, 0.6) is 5.75 Å². The van der Waals surface area contributed by atoms with Gasteiger partial charge in [0.25, 0.3) is 0 Å². The van der Waals surface area contributed by atoms with Crippen LogP contribution >= 0.6 is 23.4 Å². The summed E-state index contributed by atoms with van der Waals surface area (Å²) in [4.78, 5) is 10.8. The first-order valence-corrected chi connectivity index (χ1v) is 11.9. The Hall–Kier alpha value is -2.70. The number of rotatable bonds is 10. The summed E-state index contributed by atoms with van der Waals surface area (Å²) in [6.45, 7) is -0.226. The van der Waals surface area contributed by atoms with Gasteiger partial charge in [0.2, 0.25) is 5.16 Å². The van der Waals surface area contributed by atoms with Crippen molar-refractivity contribution in [3.63, 3.8) is 0 Å². The third kappa shape index (κ3) is 5.68. The van der Waals surface area contributed by atoms with Gasteiger partial charge in [-0.3, -0.25) is 10.1 Å². The lowest BCUT2D eigenvalue weighted by molar-refractivity contribution is -0.385. The van der Waals surface area contributed by atoms with Crippen molar-refractivity contribution >= 4 is 38.9 Å². The van der Waals surface area contributed by atoms with Crippen molar-refractivity contribution in [1.29, 1.82) is 0 Å². The molecule has 1 aromatic heterocycles. The van der Waals surface area contributed by atoms with Crippen LogP contribution in [0, 0.1) is 10.1 Å². The SMILES string of the molecule is O=[N+]([O-])c1cc(CSc2nnnn2-c2ccccc2)ccc1OCCS(=O)(=O)CCl. The van der Waals surface area contributed by atoms with E-state index >= 15 is 0 Å². The van der Waals surface area contributed by atoms with Gasteiger partial charge in [-0.2, -0.15) is 4.68 Å². The molecule has 0 bridgehead atoms. The van der Waals surface area contributed by atoms with Crippen LogP contribution in [0.15, 0.2) is 53.7 Å². The highest BCUT2D eigenvalue weighted by Gasteiger charge is 2.18. The largest absolute Gasteiger partial charge is 0.486 e. The lowest BCUT2D eigenvalue weighted by Gasteiger charge is -2.08. The minimum absolute atomic E-state index is 0.00681. The second kappa shape index (κ2) is 9.87. The Morgan fingerprint density at radius 2 is 1.97 bits per heavy atom. The molecule has 0 spiro atoms. The third-order valence-corrected chi connectivity index (χ3v) is 6.96. The molecule has 0 fully saturated rings. The zero-order valence-corrected chi connectivity index (χ0v) is 17.8. The quantitative estimate of drug-likeness (QED) is 0.190. The standard InChI is InChI=1S/C17H16ClN5O5S2/c18-12-30(26,27)9-8-28-16-7-6-13(10-15(16)23(24)25)11-29-17-19-20-21-22(17)14-4-2-1-3-5-14/h1-7,10H,8-9,11-12H2. The molecule has 0 unspecified atom stereocenters. The molecule has 0 atom stereocenters. The Bertz CT molecular complexity index is 1120. The van der Waals surface area contributed by atoms with Gasteiger partial charge >= 0.3 is 5.69 Å². The summed E-state index contributed by atoms with van der Waals surface area (Å²) in [7, 11) is -3.45. The number of sulfone groups is 1. The molecule has 0 aliphatic heterocycles. The maximum Gasteiger partial charge on any atom is 0.311 e. The number of thioether (sulfide) groups is 1. The van der Waals surface area contributed by atoms with Crippen molar-refractivity contribution in [2.24, 2.45) is 0 Å². The van der Waals surface area contributed by atoms with E-state index in [1.165, 1.54) is 23.9 Å². The van der Waals surface area contributed by atoms with Crippen LogP contribution < -0.4 is 4.74 Å². The van der Waals surface area contributed by atoms with Crippen LogP contribution in [0.3, 0.4) is 0 Å². The summed E-state index contributed by atoms with van der Waals surface area (Å²) in [5.74, 6) is 0.0511. The summed E-state index contributed by atoms with van der Waals surface area (Å²) >= 11 is 6.66. The van der Waals surface area contributed by atoms with Gasteiger partial charge in [-0.1, -0.05) is 36.0 Å². The van der Waals surface area contributed by atoms with Crippen LogP contribution in [0.4, 0.5) is 5.69 Å². The monoisotopic (exact) mass is 469 g/mol. The number of nitro groups is 1. The second-order valence-corrected chi connectivity index (χ2v) is 9.67. The minimum Gasteiger partial charge on any atom is -0.486 e. The van der Waals surface area contributed by atoms with Gasteiger partial charge in [0.1, 0.15) is 11.8 Å². The smallest absolute Gasteiger partial charge is 0.311 e. The number of nitro benzene ring substituents is 1. The molecule has 10 nitrogen and oxygen atoms in total. The highest BCUT2D eigenvalue weighted by molar-refractivity contribution is 7.98. The highest BCUT2D eigenvalue weighted by atomic mass is 35.5. The minimum atomic E-state index is -3.45. The molecule has 158 valence electrons. The number of nitrogens with zero attached hydrogens (tertiary/aromatic N) is 5. The summed E-state index contributed by atoms with van der Waals surface area (Å²) < 4.78 is 29.7. The zero-order valence-electron chi connectivity index (χ0n) is 15.4. The number of tetrazole rings is 1. The van der Waals surface area contributed by atoms with Crippen molar-refractivity contribution in [3.8, 4) is 11.4 Å². The molecule has 0 aliphatic carbocycles. The van der Waals surface area contributed by atoms with Gasteiger partial charge in [0.15, 0.2) is 15.6 Å². The second-order valence-electron chi connectivity index (χ2n) is 5.96. The molecule has 13 heteroatoms. The molecule has 30 heavy (non-hydrogen) atoms. The number of alkyl halides is 1. The fourth-order valence-corrected chi connectivity index (χ4v) is 4.01. The van der Waals surface area contributed by atoms with Crippen molar-refractivity contribution in [2.45, 2.75) is 10.9 Å². The van der Waals surface area contributed by atoms with Crippen LogP contribution in [0.25, 0.3) is 5.69 Å². The molecule has 0 saturated heterocycles. The number of ether oxygens (including phenoxy) is 1. The fraction of sp³-hybridized carbons (Fsp3) is 0.235. The van der Waals surface area contributed by atoms with E-state index in [1.807, 2.05) is 30.3 Å². The summed E-state index contributed by atoms with van der Waals surface area (Å²) in [6.07, 6.45) is 0. The van der Waals surface area contributed by atoms with E-state index in [0.717, 1.165) is 5.69 Å². The molecule has 2 aromatic carbocycles. The molecule has 0 amide bonds. The molecule has 0 aliphatic rings. The van der Waals surface area contributed by atoms with Gasteiger partial charge in [-0.25, -0.2) is 8.42 Å². The van der Waals surface area contributed by atoms with Crippen molar-refractivity contribution in [1.82, 2.24) is 20.2 Å². The van der Waals surface area contributed by atoms with E-state index < -0.39 is 20.0 Å². The van der Waals surface area contributed by atoms with Gasteiger partial charge in [-0.15, -0.1) is 16.7 Å². The van der Waals surface area contributed by atoms with E-state index in [4.69, 9.17) is 16.3 Å². The van der Waals surface area contributed by atoms with Crippen LogP contribution in [0.2, 0.25) is 0 Å².